The summed E-state index contributed by atoms with van der Waals surface area (Å²) in [5.74, 6) is 0.564. The molecule has 28 heavy (non-hydrogen) atoms. The molecule has 7 nitrogen and oxygen atoms in total. The van der Waals surface area contributed by atoms with Gasteiger partial charge in [0.15, 0.2) is 18.1 Å². The van der Waals surface area contributed by atoms with Crippen LogP contribution in [0.4, 0.5) is 0 Å². The molecule has 7 heteroatoms. The minimum Gasteiger partial charge on any atom is -0.486 e. The maximum absolute atomic E-state index is 12.4. The Hall–Kier alpha value is -3.48. The summed E-state index contributed by atoms with van der Waals surface area (Å²) in [6.07, 6.45) is 1.59. The summed E-state index contributed by atoms with van der Waals surface area (Å²) in [5.41, 5.74) is 2.16. The highest BCUT2D eigenvalue weighted by molar-refractivity contribution is 6.04. The van der Waals surface area contributed by atoms with E-state index >= 15 is 0 Å². The van der Waals surface area contributed by atoms with Crippen molar-refractivity contribution in [3.63, 3.8) is 0 Å². The number of fused-ring (bicyclic) bond motifs is 2. The Balaban J connectivity index is 1.35. The van der Waals surface area contributed by atoms with Crippen molar-refractivity contribution in [1.29, 1.82) is 0 Å². The summed E-state index contributed by atoms with van der Waals surface area (Å²) in [5, 5.41) is 0.768. The van der Waals surface area contributed by atoms with E-state index in [4.69, 9.17) is 14.2 Å². The summed E-state index contributed by atoms with van der Waals surface area (Å²) < 4.78 is 16.3. The number of amides is 1. The summed E-state index contributed by atoms with van der Waals surface area (Å²) in [6.45, 7) is 1.10. The second-order valence-electron chi connectivity index (χ2n) is 6.55. The Morgan fingerprint density at radius 3 is 2.75 bits per heavy atom. The number of para-hydroxylation sites is 1. The van der Waals surface area contributed by atoms with Gasteiger partial charge in [-0.1, -0.05) is 24.3 Å². The molecule has 0 atom stereocenters. The molecule has 4 rings (SSSR count). The van der Waals surface area contributed by atoms with Gasteiger partial charge in [0.05, 0.1) is 5.56 Å². The molecule has 1 N–H and O–H groups in total. The SMILES string of the molecule is CN(Cc1ccc2c(c1)OCCO2)C(=O)COC(=O)c1c[nH]c2ccccc12. The lowest BCUT2D eigenvalue weighted by molar-refractivity contribution is -0.133. The van der Waals surface area contributed by atoms with Gasteiger partial charge in [-0.05, 0) is 23.8 Å². The third-order valence-electron chi connectivity index (χ3n) is 4.59. The molecule has 1 amide bonds. The fourth-order valence-corrected chi connectivity index (χ4v) is 3.10. The molecule has 0 fully saturated rings. The van der Waals surface area contributed by atoms with E-state index in [0.717, 1.165) is 16.5 Å². The van der Waals surface area contributed by atoms with Crippen LogP contribution in [0.1, 0.15) is 15.9 Å². The molecule has 1 aromatic heterocycles. The summed E-state index contributed by atoms with van der Waals surface area (Å²) in [7, 11) is 1.67. The first kappa shape index (κ1) is 17.9. The maximum atomic E-state index is 12.4. The molecule has 0 spiro atoms. The fourth-order valence-electron chi connectivity index (χ4n) is 3.10. The molecule has 1 aliphatic rings. The predicted octanol–water partition coefficient (Wildman–Crippen LogP) is 2.75. The number of benzene rings is 2. The van der Waals surface area contributed by atoms with Crippen molar-refractivity contribution in [2.24, 2.45) is 0 Å². The number of rotatable bonds is 5. The summed E-state index contributed by atoms with van der Waals surface area (Å²) in [6, 6.07) is 13.0. The molecule has 3 aromatic rings. The number of nitrogens with zero attached hydrogens (tertiary/aromatic N) is 1. The minimum absolute atomic E-state index is 0.289. The van der Waals surface area contributed by atoms with Gasteiger partial charge in [-0.25, -0.2) is 4.79 Å². The van der Waals surface area contributed by atoms with E-state index in [1.807, 2.05) is 42.5 Å². The number of hydrogen-bond acceptors (Lipinski definition) is 5. The Morgan fingerprint density at radius 1 is 1.11 bits per heavy atom. The number of ether oxygens (including phenoxy) is 3. The summed E-state index contributed by atoms with van der Waals surface area (Å²) in [4.78, 5) is 29.2. The van der Waals surface area contributed by atoms with Crippen LogP contribution in [0.5, 0.6) is 11.5 Å². The molecule has 0 saturated carbocycles. The third-order valence-corrected chi connectivity index (χ3v) is 4.59. The topological polar surface area (TPSA) is 80.9 Å². The Kier molecular flexibility index (Phi) is 4.89. The number of nitrogens with one attached hydrogen (secondary N) is 1. The molecule has 144 valence electrons. The van der Waals surface area contributed by atoms with Crippen molar-refractivity contribution >= 4 is 22.8 Å². The van der Waals surface area contributed by atoms with Gasteiger partial charge < -0.3 is 24.1 Å². The van der Waals surface area contributed by atoms with Crippen molar-refractivity contribution < 1.29 is 23.8 Å². The van der Waals surface area contributed by atoms with Crippen molar-refractivity contribution in [3.05, 3.63) is 59.8 Å². The zero-order chi connectivity index (χ0) is 19.5. The normalized spacial score (nSPS) is 12.6. The maximum Gasteiger partial charge on any atom is 0.340 e. The number of aromatic amines is 1. The number of hydrogen-bond donors (Lipinski definition) is 1. The van der Waals surface area contributed by atoms with Crippen LogP contribution in [0, 0.1) is 0 Å². The average Bonchev–Trinajstić information content (AvgIpc) is 3.16. The molecule has 2 heterocycles. The van der Waals surface area contributed by atoms with Gasteiger partial charge in [-0.15, -0.1) is 0 Å². The smallest absolute Gasteiger partial charge is 0.340 e. The van der Waals surface area contributed by atoms with Gasteiger partial charge in [-0.3, -0.25) is 4.79 Å². The van der Waals surface area contributed by atoms with Gasteiger partial charge in [0.1, 0.15) is 13.2 Å². The molecule has 0 unspecified atom stereocenters. The molecular formula is C21H20N2O5. The molecule has 0 bridgehead atoms. The quantitative estimate of drug-likeness (QED) is 0.689. The predicted molar refractivity (Wildman–Crippen MR) is 102 cm³/mol. The zero-order valence-corrected chi connectivity index (χ0v) is 15.4. The second-order valence-corrected chi connectivity index (χ2v) is 6.55. The molecule has 1 aliphatic heterocycles. The molecule has 2 aromatic carbocycles. The van der Waals surface area contributed by atoms with Gasteiger partial charge >= 0.3 is 5.97 Å². The average molecular weight is 380 g/mol. The van der Waals surface area contributed by atoms with E-state index in [0.29, 0.717) is 36.8 Å². The Labute approximate surface area is 161 Å². The largest absolute Gasteiger partial charge is 0.486 e. The first-order chi connectivity index (χ1) is 13.6. The zero-order valence-electron chi connectivity index (χ0n) is 15.4. The van der Waals surface area contributed by atoms with Crippen LogP contribution in [-0.4, -0.2) is 48.6 Å². The lowest BCUT2D eigenvalue weighted by Gasteiger charge is -2.21. The van der Waals surface area contributed by atoms with Crippen LogP contribution in [-0.2, 0) is 16.1 Å². The third kappa shape index (κ3) is 3.64. The van der Waals surface area contributed by atoms with E-state index in [9.17, 15) is 9.59 Å². The van der Waals surface area contributed by atoms with Gasteiger partial charge in [0.25, 0.3) is 5.91 Å². The van der Waals surface area contributed by atoms with Crippen LogP contribution in [0.25, 0.3) is 10.9 Å². The molecular weight excluding hydrogens is 360 g/mol. The van der Waals surface area contributed by atoms with Crippen molar-refractivity contribution in [2.45, 2.75) is 6.54 Å². The van der Waals surface area contributed by atoms with Gasteiger partial charge in [0, 0.05) is 30.7 Å². The van der Waals surface area contributed by atoms with Crippen molar-refractivity contribution in [2.75, 3.05) is 26.9 Å². The Morgan fingerprint density at radius 2 is 1.89 bits per heavy atom. The Bertz CT molecular complexity index is 1030. The van der Waals surface area contributed by atoms with Crippen LogP contribution >= 0.6 is 0 Å². The van der Waals surface area contributed by atoms with Gasteiger partial charge in [0.2, 0.25) is 0 Å². The number of aromatic nitrogens is 1. The van der Waals surface area contributed by atoms with E-state index in [1.165, 1.54) is 4.90 Å². The van der Waals surface area contributed by atoms with Crippen molar-refractivity contribution in [3.8, 4) is 11.5 Å². The standard InChI is InChI=1S/C21H20N2O5/c1-23(12-14-6-7-18-19(10-14)27-9-8-26-18)20(24)13-28-21(25)16-11-22-17-5-3-2-4-15(16)17/h2-7,10-11,22H,8-9,12-13H2,1H3. The first-order valence-electron chi connectivity index (χ1n) is 8.97. The number of carbonyl (C=O) groups excluding carboxylic acids is 2. The molecule has 0 radical (unpaired) electrons. The van der Waals surface area contributed by atoms with Crippen LogP contribution < -0.4 is 9.47 Å². The second kappa shape index (κ2) is 7.64. The number of esters is 1. The lowest BCUT2D eigenvalue weighted by Crippen LogP contribution is -2.30. The highest BCUT2D eigenvalue weighted by Crippen LogP contribution is 2.31. The lowest BCUT2D eigenvalue weighted by atomic mass is 10.2. The van der Waals surface area contributed by atoms with Crippen molar-refractivity contribution in [1.82, 2.24) is 9.88 Å². The van der Waals surface area contributed by atoms with E-state index < -0.39 is 5.97 Å². The van der Waals surface area contributed by atoms with Crippen LogP contribution in [0.3, 0.4) is 0 Å². The number of H-pyrrole nitrogens is 1. The monoisotopic (exact) mass is 380 g/mol. The summed E-state index contributed by atoms with van der Waals surface area (Å²) >= 11 is 0. The van der Waals surface area contributed by atoms with Gasteiger partial charge in [-0.2, -0.15) is 0 Å². The molecule has 0 aliphatic carbocycles. The number of carbonyl (C=O) groups is 2. The van der Waals surface area contributed by atoms with Crippen LogP contribution in [0.2, 0.25) is 0 Å². The first-order valence-corrected chi connectivity index (χ1v) is 8.97. The molecule has 0 saturated heterocycles. The highest BCUT2D eigenvalue weighted by Gasteiger charge is 2.18. The van der Waals surface area contributed by atoms with E-state index in [-0.39, 0.29) is 12.5 Å². The van der Waals surface area contributed by atoms with Crippen LogP contribution in [0.15, 0.2) is 48.7 Å². The van der Waals surface area contributed by atoms with E-state index in [1.54, 1.807) is 13.2 Å². The van der Waals surface area contributed by atoms with E-state index in [2.05, 4.69) is 4.98 Å². The fraction of sp³-hybridized carbons (Fsp3) is 0.238. The minimum atomic E-state index is -0.529. The number of likely N-dealkylation sites (N-methyl/N-ethyl adjacent to an activating group) is 1. The highest BCUT2D eigenvalue weighted by atomic mass is 16.6.